The molecule has 0 atom stereocenters. The number of nitrogens with one attached hydrogen (secondary N) is 2. The summed E-state index contributed by atoms with van der Waals surface area (Å²) in [7, 11) is 4.05. The third kappa shape index (κ3) is 3.91. The summed E-state index contributed by atoms with van der Waals surface area (Å²) in [6.07, 6.45) is 5.39. The maximum Gasteiger partial charge on any atom is 0.161 e. The number of hydrogen-bond acceptors (Lipinski definition) is 6. The largest absolute Gasteiger partial charge is 0.336 e. The van der Waals surface area contributed by atoms with E-state index in [4.69, 9.17) is 9.97 Å². The fourth-order valence-electron chi connectivity index (χ4n) is 4.17. The second-order valence-corrected chi connectivity index (χ2v) is 8.63. The molecule has 0 aliphatic heterocycles. The number of hydrogen-bond donors (Lipinski definition) is 2. The molecule has 0 aliphatic rings. The van der Waals surface area contributed by atoms with Gasteiger partial charge >= 0.3 is 0 Å². The molecule has 6 aromatic rings. The standard InChI is InChI=1S/C26H21FN8/c1-35(2)14-15-11-17(13-28-12-15)19-7-8-21-24(30-19)25(34-33-21)26-31-20-9-10-29-22(23(20)32-26)16-3-5-18(27)6-4-16/h3-13H,14H2,1-2H3,(H,31,32)(H,33,34). The van der Waals surface area contributed by atoms with Gasteiger partial charge in [-0.1, -0.05) is 0 Å². The van der Waals surface area contributed by atoms with Gasteiger partial charge in [0.15, 0.2) is 11.5 Å². The van der Waals surface area contributed by atoms with Crippen LogP contribution >= 0.6 is 0 Å². The van der Waals surface area contributed by atoms with E-state index in [-0.39, 0.29) is 5.82 Å². The molecule has 8 nitrogen and oxygen atoms in total. The lowest BCUT2D eigenvalue weighted by Gasteiger charge is -2.10. The highest BCUT2D eigenvalue weighted by molar-refractivity contribution is 5.95. The number of halogens is 1. The number of rotatable bonds is 5. The van der Waals surface area contributed by atoms with E-state index in [1.165, 1.54) is 12.1 Å². The molecular formula is C26H21FN8. The van der Waals surface area contributed by atoms with Gasteiger partial charge < -0.3 is 9.88 Å². The minimum atomic E-state index is -0.295. The minimum Gasteiger partial charge on any atom is -0.336 e. The molecule has 0 fully saturated rings. The van der Waals surface area contributed by atoms with Crippen LogP contribution in [-0.4, -0.2) is 54.1 Å². The average molecular weight is 465 g/mol. The summed E-state index contributed by atoms with van der Waals surface area (Å²) < 4.78 is 13.4. The molecule has 9 heteroatoms. The third-order valence-corrected chi connectivity index (χ3v) is 5.74. The Hall–Kier alpha value is -4.50. The van der Waals surface area contributed by atoms with E-state index >= 15 is 0 Å². The Labute approximate surface area is 199 Å². The normalized spacial score (nSPS) is 11.7. The van der Waals surface area contributed by atoms with E-state index in [1.807, 2.05) is 44.7 Å². The van der Waals surface area contributed by atoms with Crippen molar-refractivity contribution >= 4 is 22.1 Å². The molecule has 172 valence electrons. The lowest BCUT2D eigenvalue weighted by molar-refractivity contribution is 0.402. The zero-order valence-corrected chi connectivity index (χ0v) is 19.1. The first-order valence-corrected chi connectivity index (χ1v) is 11.1. The smallest absolute Gasteiger partial charge is 0.161 e. The van der Waals surface area contributed by atoms with Crippen LogP contribution in [0.3, 0.4) is 0 Å². The van der Waals surface area contributed by atoms with Gasteiger partial charge in [0.2, 0.25) is 0 Å². The van der Waals surface area contributed by atoms with E-state index in [0.29, 0.717) is 28.2 Å². The summed E-state index contributed by atoms with van der Waals surface area (Å²) in [4.78, 5) is 24.0. The van der Waals surface area contributed by atoms with Crippen molar-refractivity contribution in [3.63, 3.8) is 0 Å². The second kappa shape index (κ2) is 8.37. The van der Waals surface area contributed by atoms with Crippen LogP contribution in [0.25, 0.3) is 56.1 Å². The van der Waals surface area contributed by atoms with Crippen LogP contribution < -0.4 is 0 Å². The summed E-state index contributed by atoms with van der Waals surface area (Å²) in [5.41, 5.74) is 7.91. The molecule has 5 heterocycles. The molecule has 0 unspecified atom stereocenters. The zero-order valence-electron chi connectivity index (χ0n) is 19.1. The summed E-state index contributed by atoms with van der Waals surface area (Å²) >= 11 is 0. The maximum atomic E-state index is 13.4. The average Bonchev–Trinajstić information content (AvgIpc) is 3.48. The van der Waals surface area contributed by atoms with Crippen molar-refractivity contribution in [3.8, 4) is 34.0 Å². The first-order valence-electron chi connectivity index (χ1n) is 11.1. The van der Waals surface area contributed by atoms with Crippen molar-refractivity contribution in [2.45, 2.75) is 6.54 Å². The number of aromatic amines is 2. The molecular weight excluding hydrogens is 443 g/mol. The van der Waals surface area contributed by atoms with Gasteiger partial charge in [0, 0.05) is 36.3 Å². The zero-order chi connectivity index (χ0) is 23.9. The predicted molar refractivity (Wildman–Crippen MR) is 133 cm³/mol. The lowest BCUT2D eigenvalue weighted by atomic mass is 10.1. The van der Waals surface area contributed by atoms with E-state index in [2.05, 4.69) is 36.1 Å². The Morgan fingerprint density at radius 3 is 2.51 bits per heavy atom. The van der Waals surface area contributed by atoms with E-state index < -0.39 is 0 Å². The molecule has 6 rings (SSSR count). The van der Waals surface area contributed by atoms with Crippen LogP contribution in [0.15, 0.2) is 67.1 Å². The van der Waals surface area contributed by atoms with Crippen molar-refractivity contribution in [2.75, 3.05) is 14.1 Å². The highest BCUT2D eigenvalue weighted by atomic mass is 19.1. The lowest BCUT2D eigenvalue weighted by Crippen LogP contribution is -2.10. The molecule has 0 saturated heterocycles. The first-order chi connectivity index (χ1) is 17.0. The van der Waals surface area contributed by atoms with Crippen LogP contribution in [0.1, 0.15) is 5.56 Å². The topological polar surface area (TPSA) is 99.3 Å². The van der Waals surface area contributed by atoms with Crippen molar-refractivity contribution < 1.29 is 4.39 Å². The fraction of sp³-hybridized carbons (Fsp3) is 0.115. The van der Waals surface area contributed by atoms with Crippen molar-refractivity contribution in [1.82, 2.24) is 40.0 Å². The summed E-state index contributed by atoms with van der Waals surface area (Å²) in [6, 6.07) is 14.1. The van der Waals surface area contributed by atoms with Gasteiger partial charge in [0.25, 0.3) is 0 Å². The van der Waals surface area contributed by atoms with Gasteiger partial charge in [-0.25, -0.2) is 14.4 Å². The Morgan fingerprint density at radius 1 is 0.857 bits per heavy atom. The number of fused-ring (bicyclic) bond motifs is 2. The third-order valence-electron chi connectivity index (χ3n) is 5.74. The number of H-pyrrole nitrogens is 2. The molecule has 0 amide bonds. The number of imidazole rings is 1. The molecule has 1 aromatic carbocycles. The van der Waals surface area contributed by atoms with Crippen LogP contribution in [-0.2, 0) is 6.54 Å². The molecule has 0 saturated carbocycles. The van der Waals surface area contributed by atoms with Gasteiger partial charge in [-0.05, 0) is 68.2 Å². The monoisotopic (exact) mass is 464 g/mol. The Balaban J connectivity index is 1.44. The minimum absolute atomic E-state index is 0.295. The summed E-state index contributed by atoms with van der Waals surface area (Å²) in [5.74, 6) is 0.280. The highest BCUT2D eigenvalue weighted by Crippen LogP contribution is 2.30. The molecule has 0 aliphatic carbocycles. The summed E-state index contributed by atoms with van der Waals surface area (Å²) in [6.45, 7) is 0.795. The van der Waals surface area contributed by atoms with Crippen molar-refractivity contribution in [1.29, 1.82) is 0 Å². The molecule has 0 radical (unpaired) electrons. The second-order valence-electron chi connectivity index (χ2n) is 8.63. The number of aromatic nitrogens is 7. The fourth-order valence-corrected chi connectivity index (χ4v) is 4.17. The molecule has 2 N–H and O–H groups in total. The van der Waals surface area contributed by atoms with E-state index in [1.54, 1.807) is 18.3 Å². The molecule has 5 aromatic heterocycles. The maximum absolute atomic E-state index is 13.4. The SMILES string of the molecule is CN(C)Cc1cncc(-c2ccc3[nH]nc(-c4nc5c(-c6ccc(F)cc6)nccc5[nH]4)c3n2)c1. The van der Waals surface area contributed by atoms with Gasteiger partial charge in [-0.2, -0.15) is 5.10 Å². The number of pyridine rings is 3. The molecule has 35 heavy (non-hydrogen) atoms. The van der Waals surface area contributed by atoms with Gasteiger partial charge in [-0.15, -0.1) is 0 Å². The quantitative estimate of drug-likeness (QED) is 0.379. The van der Waals surface area contributed by atoms with Gasteiger partial charge in [-0.3, -0.25) is 15.1 Å². The predicted octanol–water partition coefficient (Wildman–Crippen LogP) is 4.83. The van der Waals surface area contributed by atoms with Crippen molar-refractivity contribution in [2.24, 2.45) is 0 Å². The van der Waals surface area contributed by atoms with E-state index in [9.17, 15) is 4.39 Å². The molecule has 0 bridgehead atoms. The van der Waals surface area contributed by atoms with Gasteiger partial charge in [0.05, 0.1) is 22.4 Å². The van der Waals surface area contributed by atoms with Crippen molar-refractivity contribution in [3.05, 3.63) is 78.5 Å². The van der Waals surface area contributed by atoms with Crippen LogP contribution in [0.2, 0.25) is 0 Å². The van der Waals surface area contributed by atoms with Gasteiger partial charge in [0.1, 0.15) is 16.9 Å². The van der Waals surface area contributed by atoms with E-state index in [0.717, 1.165) is 40.0 Å². The van der Waals surface area contributed by atoms with Crippen LogP contribution in [0.5, 0.6) is 0 Å². The van der Waals surface area contributed by atoms with Crippen LogP contribution in [0.4, 0.5) is 4.39 Å². The first kappa shape index (κ1) is 21.1. The number of nitrogens with zero attached hydrogens (tertiary/aromatic N) is 6. The number of benzene rings is 1. The Kier molecular flexibility index (Phi) is 5.04. The molecule has 0 spiro atoms. The highest BCUT2D eigenvalue weighted by Gasteiger charge is 2.17. The summed E-state index contributed by atoms with van der Waals surface area (Å²) in [5, 5.41) is 7.54. The van der Waals surface area contributed by atoms with Crippen LogP contribution in [0, 0.1) is 5.82 Å². The Morgan fingerprint density at radius 2 is 1.69 bits per heavy atom. The Bertz CT molecular complexity index is 1670.